The third kappa shape index (κ3) is 3.26. The van der Waals surface area contributed by atoms with Gasteiger partial charge in [-0.2, -0.15) is 0 Å². The third-order valence-electron chi connectivity index (χ3n) is 2.91. The van der Waals surface area contributed by atoms with E-state index in [0.29, 0.717) is 24.2 Å². The van der Waals surface area contributed by atoms with E-state index in [9.17, 15) is 9.59 Å². The number of hydrogen-bond acceptors (Lipinski definition) is 5. The predicted molar refractivity (Wildman–Crippen MR) is 76.2 cm³/mol. The molecule has 110 valence electrons. The highest BCUT2D eigenvalue weighted by Crippen LogP contribution is 2.12. The van der Waals surface area contributed by atoms with Crippen LogP contribution in [-0.4, -0.2) is 38.1 Å². The Balaban J connectivity index is 2.24. The van der Waals surface area contributed by atoms with Crippen LogP contribution in [-0.2, 0) is 0 Å². The number of nitrogens with zero attached hydrogens (tertiary/aromatic N) is 3. The monoisotopic (exact) mass is 288 g/mol. The van der Waals surface area contributed by atoms with E-state index in [1.165, 1.54) is 28.2 Å². The van der Waals surface area contributed by atoms with Crippen molar-refractivity contribution in [2.45, 2.75) is 13.3 Å². The molecule has 7 nitrogen and oxygen atoms in total. The largest absolute Gasteiger partial charge is 0.336 e. The number of carbonyl (C=O) groups is 2. The van der Waals surface area contributed by atoms with Crippen LogP contribution in [0.3, 0.4) is 0 Å². The zero-order chi connectivity index (χ0) is 15.2. The number of carbonyl (C=O) groups excluding carboxylic acids is 2. The van der Waals surface area contributed by atoms with Gasteiger partial charge in [0.2, 0.25) is 0 Å². The average Bonchev–Trinajstić information content (AvgIpc) is 3.06. The summed E-state index contributed by atoms with van der Waals surface area (Å²) >= 11 is 0. The van der Waals surface area contributed by atoms with Crippen LogP contribution in [0.15, 0.2) is 43.0 Å². The number of nitrogens with one attached hydrogen (secondary N) is 1. The van der Waals surface area contributed by atoms with Gasteiger partial charge in [0.15, 0.2) is 0 Å². The molecule has 1 heterocycles. The first-order chi connectivity index (χ1) is 10.2. The molecule has 0 bridgehead atoms. The zero-order valence-corrected chi connectivity index (χ0v) is 11.6. The van der Waals surface area contributed by atoms with Gasteiger partial charge in [0.25, 0.3) is 5.91 Å². The maximum atomic E-state index is 12.5. The van der Waals surface area contributed by atoms with E-state index in [4.69, 9.17) is 5.21 Å². The first kappa shape index (κ1) is 14.7. The fourth-order valence-electron chi connectivity index (χ4n) is 1.86. The molecular weight excluding hydrogens is 272 g/mol. The molecule has 21 heavy (non-hydrogen) atoms. The van der Waals surface area contributed by atoms with Crippen LogP contribution in [0.2, 0.25) is 0 Å². The van der Waals surface area contributed by atoms with E-state index in [2.05, 4.69) is 4.98 Å². The fourth-order valence-corrected chi connectivity index (χ4v) is 1.86. The molecule has 2 rings (SSSR count). The first-order valence-electron chi connectivity index (χ1n) is 6.51. The highest BCUT2D eigenvalue weighted by atomic mass is 16.5. The highest BCUT2D eigenvalue weighted by Gasteiger charge is 2.23. The molecule has 0 atom stereocenters. The molecular formula is C14H16N4O3. The molecule has 2 N–H and O–H groups in total. The standard InChI is InChI=1S/C14H16N4O3/c1-2-8-18(14(20)17-9-7-15-10-17)13(19)11-3-5-12(16-21)6-4-11/h3-7,9-10,16,21H,2,8H2,1H3. The lowest BCUT2D eigenvalue weighted by atomic mass is 10.2. The number of amides is 2. The van der Waals surface area contributed by atoms with E-state index in [1.807, 2.05) is 12.4 Å². The van der Waals surface area contributed by atoms with Gasteiger partial charge in [-0.05, 0) is 30.7 Å². The van der Waals surface area contributed by atoms with E-state index in [1.54, 1.807) is 24.3 Å². The second kappa shape index (κ2) is 6.67. The smallest absolute Gasteiger partial charge is 0.291 e. The average molecular weight is 288 g/mol. The third-order valence-corrected chi connectivity index (χ3v) is 2.91. The van der Waals surface area contributed by atoms with Crippen molar-refractivity contribution in [2.75, 3.05) is 12.0 Å². The predicted octanol–water partition coefficient (Wildman–Crippen LogP) is 2.20. The molecule has 0 saturated heterocycles. The van der Waals surface area contributed by atoms with Gasteiger partial charge in [0.05, 0.1) is 5.69 Å². The molecule has 0 radical (unpaired) electrons. The normalized spacial score (nSPS) is 10.2. The van der Waals surface area contributed by atoms with Crippen molar-refractivity contribution in [3.63, 3.8) is 0 Å². The molecule has 0 unspecified atom stereocenters. The minimum Gasteiger partial charge on any atom is -0.291 e. The van der Waals surface area contributed by atoms with Crippen LogP contribution in [0.4, 0.5) is 10.5 Å². The summed E-state index contributed by atoms with van der Waals surface area (Å²) in [6.07, 6.45) is 4.99. The van der Waals surface area contributed by atoms with E-state index < -0.39 is 6.03 Å². The van der Waals surface area contributed by atoms with Gasteiger partial charge >= 0.3 is 6.03 Å². The molecule has 0 aliphatic heterocycles. The van der Waals surface area contributed by atoms with Gasteiger partial charge in [-0.25, -0.2) is 9.78 Å². The van der Waals surface area contributed by atoms with Gasteiger partial charge in [0.1, 0.15) is 6.33 Å². The molecule has 0 aliphatic carbocycles. The molecule has 0 fully saturated rings. The number of hydrogen-bond donors (Lipinski definition) is 2. The Morgan fingerprint density at radius 1 is 1.33 bits per heavy atom. The number of benzene rings is 1. The lowest BCUT2D eigenvalue weighted by Gasteiger charge is -2.20. The van der Waals surface area contributed by atoms with E-state index in [0.717, 1.165) is 0 Å². The Morgan fingerprint density at radius 3 is 2.57 bits per heavy atom. The van der Waals surface area contributed by atoms with Crippen molar-refractivity contribution in [1.82, 2.24) is 14.5 Å². The number of anilines is 1. The first-order valence-corrected chi connectivity index (χ1v) is 6.51. The highest BCUT2D eigenvalue weighted by molar-refractivity contribution is 6.04. The topological polar surface area (TPSA) is 87.5 Å². The molecule has 2 aromatic rings. The Hall–Kier alpha value is -2.67. The summed E-state index contributed by atoms with van der Waals surface area (Å²) in [4.78, 5) is 29.7. The van der Waals surface area contributed by atoms with Crippen LogP contribution >= 0.6 is 0 Å². The van der Waals surface area contributed by atoms with E-state index in [-0.39, 0.29) is 5.91 Å². The van der Waals surface area contributed by atoms with Gasteiger partial charge < -0.3 is 0 Å². The zero-order valence-electron chi connectivity index (χ0n) is 11.6. The summed E-state index contributed by atoms with van der Waals surface area (Å²) in [6.45, 7) is 2.20. The summed E-state index contributed by atoms with van der Waals surface area (Å²) in [5.74, 6) is -0.389. The number of aromatic nitrogens is 2. The van der Waals surface area contributed by atoms with Crippen LogP contribution < -0.4 is 5.48 Å². The van der Waals surface area contributed by atoms with Crippen molar-refractivity contribution in [3.05, 3.63) is 48.5 Å². The van der Waals surface area contributed by atoms with Crippen molar-refractivity contribution < 1.29 is 14.8 Å². The summed E-state index contributed by atoms with van der Waals surface area (Å²) in [5, 5.41) is 8.76. The Bertz CT molecular complexity index is 608. The molecule has 2 amide bonds. The van der Waals surface area contributed by atoms with Crippen molar-refractivity contribution >= 4 is 17.6 Å². The van der Waals surface area contributed by atoms with Crippen molar-refractivity contribution in [2.24, 2.45) is 0 Å². The van der Waals surface area contributed by atoms with Crippen LogP contribution in [0.1, 0.15) is 23.7 Å². The molecule has 0 spiro atoms. The van der Waals surface area contributed by atoms with Gasteiger partial charge in [-0.15, -0.1) is 0 Å². The second-order valence-corrected chi connectivity index (χ2v) is 4.40. The SMILES string of the molecule is CCCN(C(=O)c1ccc(NO)cc1)C(=O)n1ccnc1. The lowest BCUT2D eigenvalue weighted by molar-refractivity contribution is 0.0801. The second-order valence-electron chi connectivity index (χ2n) is 4.40. The number of rotatable bonds is 4. The van der Waals surface area contributed by atoms with Crippen LogP contribution in [0.25, 0.3) is 0 Å². The Morgan fingerprint density at radius 2 is 2.05 bits per heavy atom. The lowest BCUT2D eigenvalue weighted by Crippen LogP contribution is -2.39. The molecule has 7 heteroatoms. The molecule has 1 aromatic carbocycles. The summed E-state index contributed by atoms with van der Waals surface area (Å²) in [7, 11) is 0. The van der Waals surface area contributed by atoms with Crippen LogP contribution in [0, 0.1) is 0 Å². The minimum atomic E-state index is -0.441. The van der Waals surface area contributed by atoms with Gasteiger partial charge in [0, 0.05) is 24.5 Å². The van der Waals surface area contributed by atoms with E-state index >= 15 is 0 Å². The Labute approximate surface area is 121 Å². The fraction of sp³-hybridized carbons (Fsp3) is 0.214. The van der Waals surface area contributed by atoms with Crippen molar-refractivity contribution in [3.8, 4) is 0 Å². The Kier molecular flexibility index (Phi) is 4.68. The van der Waals surface area contributed by atoms with Gasteiger partial charge in [-0.3, -0.25) is 24.9 Å². The van der Waals surface area contributed by atoms with Crippen LogP contribution in [0.5, 0.6) is 0 Å². The van der Waals surface area contributed by atoms with Crippen molar-refractivity contribution in [1.29, 1.82) is 0 Å². The minimum absolute atomic E-state index is 0.315. The number of imidazole rings is 1. The quantitative estimate of drug-likeness (QED) is 0.842. The molecule has 1 aromatic heterocycles. The molecule has 0 aliphatic rings. The molecule has 0 saturated carbocycles. The summed E-state index contributed by atoms with van der Waals surface area (Å²) < 4.78 is 1.26. The maximum absolute atomic E-state index is 12.5. The van der Waals surface area contributed by atoms with Gasteiger partial charge in [-0.1, -0.05) is 6.92 Å². The number of imide groups is 1. The summed E-state index contributed by atoms with van der Waals surface area (Å²) in [6, 6.07) is 5.76. The maximum Gasteiger partial charge on any atom is 0.336 e. The summed E-state index contributed by atoms with van der Waals surface area (Å²) in [5.41, 5.74) is 2.83.